The minimum Gasteiger partial charge on any atom is -0.459 e. The number of allylic oxidation sites excluding steroid dienone is 1. The zero-order valence-electron chi connectivity index (χ0n) is 19.9. The first-order valence-corrected chi connectivity index (χ1v) is 11.0. The van der Waals surface area contributed by atoms with Crippen molar-refractivity contribution in [2.45, 2.75) is 39.8 Å². The summed E-state index contributed by atoms with van der Waals surface area (Å²) < 4.78 is 33.2. The number of aliphatic hydroxyl groups excluding tert-OH is 1. The molecule has 0 fully saturated rings. The number of ether oxygens (including phenoxy) is 6. The van der Waals surface area contributed by atoms with E-state index in [1.807, 2.05) is 13.0 Å². The van der Waals surface area contributed by atoms with E-state index in [1.165, 1.54) is 19.1 Å². The highest BCUT2D eigenvalue weighted by molar-refractivity contribution is 5.91. The van der Waals surface area contributed by atoms with Crippen molar-refractivity contribution in [3.05, 3.63) is 11.8 Å². The number of likely N-dealkylation sites (N-methyl/N-ethyl adjacent to an activating group) is 1. The SMILES string of the molecule is CCO[C@H]1OC(C(=O)N(C)CC(OC)OC)=C[C@@H](C(C)C)[C@H]1CCOCCOCCO. The number of carbonyl (C=O) groups excluding carboxylic acids is 1. The minimum absolute atomic E-state index is 0.00564. The molecule has 0 spiro atoms. The molecule has 1 heterocycles. The molecule has 31 heavy (non-hydrogen) atoms. The number of amides is 1. The second kappa shape index (κ2) is 15.6. The van der Waals surface area contributed by atoms with Crippen molar-refractivity contribution in [3.8, 4) is 0 Å². The van der Waals surface area contributed by atoms with Crippen molar-refractivity contribution < 1.29 is 38.3 Å². The molecule has 0 radical (unpaired) electrons. The molecule has 1 rings (SSSR count). The molecule has 0 unspecified atom stereocenters. The van der Waals surface area contributed by atoms with Crippen molar-refractivity contribution in [3.63, 3.8) is 0 Å². The molecule has 0 aromatic heterocycles. The van der Waals surface area contributed by atoms with Crippen LogP contribution in [0.15, 0.2) is 11.8 Å². The molecule has 0 saturated carbocycles. The molecule has 1 aliphatic rings. The Hall–Kier alpha value is -1.23. The topological polar surface area (TPSA) is 95.9 Å². The van der Waals surface area contributed by atoms with E-state index in [1.54, 1.807) is 7.05 Å². The summed E-state index contributed by atoms with van der Waals surface area (Å²) in [5.41, 5.74) is 0. The lowest BCUT2D eigenvalue weighted by Gasteiger charge is -2.39. The Bertz CT molecular complexity index is 524. The molecule has 1 aliphatic heterocycles. The molecule has 0 aromatic carbocycles. The fraction of sp³-hybridized carbons (Fsp3) is 0.864. The van der Waals surface area contributed by atoms with E-state index in [4.69, 9.17) is 33.5 Å². The zero-order chi connectivity index (χ0) is 23.2. The van der Waals surface area contributed by atoms with Crippen LogP contribution in [0.1, 0.15) is 27.2 Å². The maximum atomic E-state index is 13.0. The molecule has 1 amide bonds. The molecular formula is C22H41NO8. The average Bonchev–Trinajstić information content (AvgIpc) is 2.76. The van der Waals surface area contributed by atoms with Gasteiger partial charge in [-0.3, -0.25) is 4.79 Å². The fourth-order valence-electron chi connectivity index (χ4n) is 3.54. The summed E-state index contributed by atoms with van der Waals surface area (Å²) in [4.78, 5) is 14.5. The molecule has 182 valence electrons. The van der Waals surface area contributed by atoms with Crippen LogP contribution in [0.5, 0.6) is 0 Å². The maximum Gasteiger partial charge on any atom is 0.288 e. The van der Waals surface area contributed by atoms with E-state index in [0.29, 0.717) is 44.7 Å². The Morgan fingerprint density at radius 3 is 2.35 bits per heavy atom. The van der Waals surface area contributed by atoms with Gasteiger partial charge in [-0.25, -0.2) is 0 Å². The lowest BCUT2D eigenvalue weighted by atomic mass is 9.79. The van der Waals surface area contributed by atoms with Crippen molar-refractivity contribution in [2.24, 2.45) is 17.8 Å². The van der Waals surface area contributed by atoms with Crippen LogP contribution in [-0.2, 0) is 33.2 Å². The number of rotatable bonds is 16. The van der Waals surface area contributed by atoms with E-state index in [-0.39, 0.29) is 30.9 Å². The van der Waals surface area contributed by atoms with Crippen LogP contribution in [0.3, 0.4) is 0 Å². The number of methoxy groups -OCH3 is 2. The van der Waals surface area contributed by atoms with Crippen molar-refractivity contribution in [1.82, 2.24) is 4.90 Å². The van der Waals surface area contributed by atoms with Gasteiger partial charge in [-0.2, -0.15) is 0 Å². The van der Waals surface area contributed by atoms with Crippen molar-refractivity contribution >= 4 is 5.91 Å². The van der Waals surface area contributed by atoms with Crippen molar-refractivity contribution in [2.75, 3.05) is 67.5 Å². The largest absolute Gasteiger partial charge is 0.459 e. The van der Waals surface area contributed by atoms with E-state index >= 15 is 0 Å². The van der Waals surface area contributed by atoms with Crippen LogP contribution in [0.2, 0.25) is 0 Å². The monoisotopic (exact) mass is 447 g/mol. The van der Waals surface area contributed by atoms with E-state index in [9.17, 15) is 4.79 Å². The zero-order valence-corrected chi connectivity index (χ0v) is 19.9. The van der Waals surface area contributed by atoms with Gasteiger partial charge in [0.1, 0.15) is 0 Å². The molecule has 0 aliphatic carbocycles. The third-order valence-corrected chi connectivity index (χ3v) is 5.24. The lowest BCUT2D eigenvalue weighted by Crippen LogP contribution is -2.43. The Balaban J connectivity index is 2.81. The molecular weight excluding hydrogens is 406 g/mol. The van der Waals surface area contributed by atoms with Gasteiger partial charge in [-0.05, 0) is 31.3 Å². The van der Waals surface area contributed by atoms with Gasteiger partial charge < -0.3 is 38.4 Å². The first kappa shape index (κ1) is 27.8. The third kappa shape index (κ3) is 9.43. The number of hydrogen-bond acceptors (Lipinski definition) is 8. The fourth-order valence-corrected chi connectivity index (χ4v) is 3.54. The molecule has 0 aromatic rings. The summed E-state index contributed by atoms with van der Waals surface area (Å²) in [5, 5.41) is 8.72. The molecule has 0 bridgehead atoms. The molecule has 9 nitrogen and oxygen atoms in total. The van der Waals surface area contributed by atoms with Gasteiger partial charge in [-0.15, -0.1) is 0 Å². The number of nitrogens with zero attached hydrogens (tertiary/aromatic N) is 1. The quantitative estimate of drug-likeness (QED) is 0.282. The Morgan fingerprint density at radius 2 is 1.81 bits per heavy atom. The second-order valence-electron chi connectivity index (χ2n) is 7.78. The highest BCUT2D eigenvalue weighted by Crippen LogP contribution is 2.36. The number of carbonyl (C=O) groups is 1. The van der Waals surface area contributed by atoms with Gasteiger partial charge in [0.25, 0.3) is 5.91 Å². The van der Waals surface area contributed by atoms with Crippen LogP contribution < -0.4 is 0 Å². The van der Waals surface area contributed by atoms with Crippen LogP contribution in [0.25, 0.3) is 0 Å². The average molecular weight is 448 g/mol. The summed E-state index contributed by atoms with van der Waals surface area (Å²) in [7, 11) is 4.76. The van der Waals surface area contributed by atoms with Crippen LogP contribution in [0, 0.1) is 17.8 Å². The summed E-state index contributed by atoms with van der Waals surface area (Å²) in [6, 6.07) is 0. The standard InChI is InChI=1S/C22H41NO8/c1-7-30-22-17(8-10-28-12-13-29-11-9-24)18(16(2)3)14-19(31-22)21(25)23(4)15-20(26-5)27-6/h14,16-18,20,22,24H,7-13,15H2,1-6H3/t17-,18+,22+/m1/s1. The Labute approximate surface area is 186 Å². The van der Waals surface area contributed by atoms with E-state index < -0.39 is 12.6 Å². The van der Waals surface area contributed by atoms with Crippen molar-refractivity contribution in [1.29, 1.82) is 0 Å². The summed E-state index contributed by atoms with van der Waals surface area (Å²) in [6.45, 7) is 8.69. The minimum atomic E-state index is -0.523. The van der Waals surface area contributed by atoms with Gasteiger partial charge in [0.2, 0.25) is 6.29 Å². The predicted molar refractivity (Wildman–Crippen MR) is 115 cm³/mol. The smallest absolute Gasteiger partial charge is 0.288 e. The van der Waals surface area contributed by atoms with Gasteiger partial charge in [0, 0.05) is 40.4 Å². The highest BCUT2D eigenvalue weighted by Gasteiger charge is 2.39. The normalized spacial score (nSPS) is 21.3. The third-order valence-electron chi connectivity index (χ3n) is 5.24. The van der Waals surface area contributed by atoms with E-state index in [2.05, 4.69) is 13.8 Å². The summed E-state index contributed by atoms with van der Waals surface area (Å²) >= 11 is 0. The molecule has 3 atom stereocenters. The number of hydrogen-bond donors (Lipinski definition) is 1. The van der Waals surface area contributed by atoms with E-state index in [0.717, 1.165) is 6.42 Å². The summed E-state index contributed by atoms with van der Waals surface area (Å²) in [6.07, 6.45) is 1.62. The maximum absolute atomic E-state index is 13.0. The van der Waals surface area contributed by atoms with Crippen LogP contribution >= 0.6 is 0 Å². The molecule has 1 N–H and O–H groups in total. The number of aliphatic hydroxyl groups is 1. The Morgan fingerprint density at radius 1 is 1.16 bits per heavy atom. The van der Waals surface area contributed by atoms with Gasteiger partial charge >= 0.3 is 0 Å². The highest BCUT2D eigenvalue weighted by atomic mass is 16.7. The van der Waals surface area contributed by atoms with Gasteiger partial charge in [-0.1, -0.05) is 13.8 Å². The molecule has 0 saturated heterocycles. The van der Waals surface area contributed by atoms with Gasteiger partial charge in [0.15, 0.2) is 12.0 Å². The molecule has 9 heteroatoms. The summed E-state index contributed by atoms with van der Waals surface area (Å²) in [5.74, 6) is 0.521. The lowest BCUT2D eigenvalue weighted by molar-refractivity contribution is -0.181. The first-order valence-electron chi connectivity index (χ1n) is 11.0. The Kier molecular flexibility index (Phi) is 13.9. The first-order chi connectivity index (χ1) is 14.9. The van der Waals surface area contributed by atoms with Crippen LogP contribution in [0.4, 0.5) is 0 Å². The predicted octanol–water partition coefficient (Wildman–Crippen LogP) is 1.64. The van der Waals surface area contributed by atoms with Crippen LogP contribution in [-0.4, -0.2) is 95.9 Å². The van der Waals surface area contributed by atoms with Gasteiger partial charge in [0.05, 0.1) is 33.0 Å². The second-order valence-corrected chi connectivity index (χ2v) is 7.78.